The summed E-state index contributed by atoms with van der Waals surface area (Å²) in [7, 11) is 0. The van der Waals surface area contributed by atoms with Crippen LogP contribution in [-0.2, 0) is 0 Å². The van der Waals surface area contributed by atoms with Gasteiger partial charge in [0.25, 0.3) is 0 Å². The standard InChI is InChI=1S/C17H16O2S/c1-3-14-16-17(19-11-10-18-16)15(20-14)9-8-13-6-4-12(2)5-7-13/h3-9H,1,10-11H2,2H3/b9-8+. The Hall–Kier alpha value is -2.00. The summed E-state index contributed by atoms with van der Waals surface area (Å²) >= 11 is 1.64. The lowest BCUT2D eigenvalue weighted by atomic mass is 10.1. The molecule has 1 aromatic heterocycles. The second-order valence-corrected chi connectivity index (χ2v) is 5.72. The zero-order valence-corrected chi connectivity index (χ0v) is 12.2. The highest BCUT2D eigenvalue weighted by Gasteiger charge is 2.21. The average molecular weight is 284 g/mol. The first-order valence-corrected chi connectivity index (χ1v) is 7.39. The van der Waals surface area contributed by atoms with E-state index in [-0.39, 0.29) is 0 Å². The van der Waals surface area contributed by atoms with Gasteiger partial charge < -0.3 is 9.47 Å². The van der Waals surface area contributed by atoms with Crippen LogP contribution in [0.5, 0.6) is 11.5 Å². The molecule has 0 aliphatic carbocycles. The Bertz CT molecular complexity index is 650. The maximum Gasteiger partial charge on any atom is 0.180 e. The molecule has 0 amide bonds. The first-order valence-electron chi connectivity index (χ1n) is 6.57. The van der Waals surface area contributed by atoms with Crippen LogP contribution in [0.15, 0.2) is 30.8 Å². The van der Waals surface area contributed by atoms with Crippen molar-refractivity contribution in [1.82, 2.24) is 0 Å². The molecule has 20 heavy (non-hydrogen) atoms. The van der Waals surface area contributed by atoms with Gasteiger partial charge in [-0.3, -0.25) is 0 Å². The van der Waals surface area contributed by atoms with E-state index in [0.717, 1.165) is 21.3 Å². The van der Waals surface area contributed by atoms with Crippen molar-refractivity contribution in [3.63, 3.8) is 0 Å². The summed E-state index contributed by atoms with van der Waals surface area (Å²) in [5, 5.41) is 0. The van der Waals surface area contributed by atoms with Gasteiger partial charge in [-0.15, -0.1) is 11.3 Å². The van der Waals surface area contributed by atoms with E-state index >= 15 is 0 Å². The summed E-state index contributed by atoms with van der Waals surface area (Å²) in [5.74, 6) is 1.68. The van der Waals surface area contributed by atoms with Crippen LogP contribution in [0.4, 0.5) is 0 Å². The molecule has 0 saturated heterocycles. The summed E-state index contributed by atoms with van der Waals surface area (Å²) in [6.07, 6.45) is 5.99. The van der Waals surface area contributed by atoms with Gasteiger partial charge in [-0.1, -0.05) is 42.5 Å². The number of hydrogen-bond acceptors (Lipinski definition) is 3. The van der Waals surface area contributed by atoms with Crippen molar-refractivity contribution in [2.75, 3.05) is 13.2 Å². The first kappa shape index (κ1) is 13.0. The van der Waals surface area contributed by atoms with Gasteiger partial charge in [-0.2, -0.15) is 0 Å². The molecule has 0 unspecified atom stereocenters. The van der Waals surface area contributed by atoms with Crippen LogP contribution in [0.2, 0.25) is 0 Å². The minimum Gasteiger partial charge on any atom is -0.485 e. The van der Waals surface area contributed by atoms with Gasteiger partial charge >= 0.3 is 0 Å². The van der Waals surface area contributed by atoms with Crippen molar-refractivity contribution in [3.05, 3.63) is 51.7 Å². The maximum absolute atomic E-state index is 5.73. The van der Waals surface area contributed by atoms with E-state index in [1.807, 2.05) is 6.08 Å². The van der Waals surface area contributed by atoms with Crippen LogP contribution in [0.3, 0.4) is 0 Å². The Kier molecular flexibility index (Phi) is 3.61. The highest BCUT2D eigenvalue weighted by molar-refractivity contribution is 7.14. The third-order valence-electron chi connectivity index (χ3n) is 3.14. The van der Waals surface area contributed by atoms with Crippen molar-refractivity contribution >= 4 is 29.6 Å². The number of rotatable bonds is 3. The SMILES string of the molecule is C=Cc1sc(/C=C/c2ccc(C)cc2)c2c1OCCO2. The molecule has 2 aromatic rings. The Morgan fingerprint density at radius 2 is 1.65 bits per heavy atom. The zero-order chi connectivity index (χ0) is 13.9. The molecular weight excluding hydrogens is 268 g/mol. The van der Waals surface area contributed by atoms with Gasteiger partial charge in [0.05, 0.1) is 9.75 Å². The lowest BCUT2D eigenvalue weighted by molar-refractivity contribution is 0.173. The van der Waals surface area contributed by atoms with Crippen molar-refractivity contribution in [3.8, 4) is 11.5 Å². The van der Waals surface area contributed by atoms with Crippen LogP contribution in [-0.4, -0.2) is 13.2 Å². The molecule has 0 N–H and O–H groups in total. The van der Waals surface area contributed by atoms with E-state index in [2.05, 4.69) is 49.9 Å². The topological polar surface area (TPSA) is 18.5 Å². The molecule has 3 heteroatoms. The molecule has 0 spiro atoms. The number of hydrogen-bond donors (Lipinski definition) is 0. The van der Waals surface area contributed by atoms with E-state index in [0.29, 0.717) is 13.2 Å². The Labute approximate surface area is 123 Å². The lowest BCUT2D eigenvalue weighted by Gasteiger charge is -2.16. The van der Waals surface area contributed by atoms with Crippen molar-refractivity contribution in [2.24, 2.45) is 0 Å². The van der Waals surface area contributed by atoms with E-state index in [1.165, 1.54) is 11.1 Å². The minimum atomic E-state index is 0.603. The Morgan fingerprint density at radius 1 is 1.00 bits per heavy atom. The number of ether oxygens (including phenoxy) is 2. The summed E-state index contributed by atoms with van der Waals surface area (Å²) in [4.78, 5) is 2.11. The molecule has 3 rings (SSSR count). The number of thiophene rings is 1. The van der Waals surface area contributed by atoms with Crippen molar-refractivity contribution < 1.29 is 9.47 Å². The molecular formula is C17H16O2S. The lowest BCUT2D eigenvalue weighted by Crippen LogP contribution is -2.14. The second-order valence-electron chi connectivity index (χ2n) is 4.63. The molecule has 2 nitrogen and oxygen atoms in total. The number of fused-ring (bicyclic) bond motifs is 1. The molecule has 0 atom stereocenters. The molecule has 0 bridgehead atoms. The normalized spacial score (nSPS) is 13.7. The second kappa shape index (κ2) is 5.55. The zero-order valence-electron chi connectivity index (χ0n) is 11.4. The molecule has 2 heterocycles. The van der Waals surface area contributed by atoms with E-state index < -0.39 is 0 Å². The van der Waals surface area contributed by atoms with Crippen LogP contribution in [0.1, 0.15) is 20.9 Å². The molecule has 0 saturated carbocycles. The van der Waals surface area contributed by atoms with Crippen LogP contribution >= 0.6 is 11.3 Å². The van der Waals surface area contributed by atoms with Crippen molar-refractivity contribution in [1.29, 1.82) is 0 Å². The monoisotopic (exact) mass is 284 g/mol. The summed E-state index contributed by atoms with van der Waals surface area (Å²) in [6.45, 7) is 7.12. The number of benzene rings is 1. The predicted octanol–water partition coefficient (Wildman–Crippen LogP) is 4.64. The largest absolute Gasteiger partial charge is 0.485 e. The third-order valence-corrected chi connectivity index (χ3v) is 4.25. The van der Waals surface area contributed by atoms with Gasteiger partial charge in [0.2, 0.25) is 0 Å². The van der Waals surface area contributed by atoms with Gasteiger partial charge in [0.15, 0.2) is 11.5 Å². The molecule has 1 aromatic carbocycles. The van der Waals surface area contributed by atoms with E-state index in [9.17, 15) is 0 Å². The predicted molar refractivity (Wildman–Crippen MR) is 85.5 cm³/mol. The van der Waals surface area contributed by atoms with Gasteiger partial charge in [-0.05, 0) is 24.6 Å². The fourth-order valence-electron chi connectivity index (χ4n) is 2.09. The van der Waals surface area contributed by atoms with Crippen LogP contribution in [0, 0.1) is 6.92 Å². The fourth-order valence-corrected chi connectivity index (χ4v) is 3.03. The minimum absolute atomic E-state index is 0.603. The van der Waals surface area contributed by atoms with Crippen LogP contribution < -0.4 is 9.47 Å². The maximum atomic E-state index is 5.73. The summed E-state index contributed by atoms with van der Waals surface area (Å²) in [6, 6.07) is 8.44. The molecule has 1 aliphatic rings. The summed E-state index contributed by atoms with van der Waals surface area (Å²) in [5.41, 5.74) is 2.44. The van der Waals surface area contributed by atoms with Gasteiger partial charge in [0, 0.05) is 0 Å². The van der Waals surface area contributed by atoms with E-state index in [4.69, 9.17) is 9.47 Å². The first-order chi connectivity index (χ1) is 9.78. The molecule has 1 aliphatic heterocycles. The van der Waals surface area contributed by atoms with Gasteiger partial charge in [-0.25, -0.2) is 0 Å². The number of aryl methyl sites for hydroxylation is 1. The molecule has 102 valence electrons. The fraction of sp³-hybridized carbons (Fsp3) is 0.176. The van der Waals surface area contributed by atoms with Crippen molar-refractivity contribution in [2.45, 2.75) is 6.92 Å². The third kappa shape index (κ3) is 2.49. The average Bonchev–Trinajstić information content (AvgIpc) is 2.85. The smallest absolute Gasteiger partial charge is 0.180 e. The molecule has 0 radical (unpaired) electrons. The Balaban J connectivity index is 1.92. The van der Waals surface area contributed by atoms with Crippen LogP contribution in [0.25, 0.3) is 18.2 Å². The highest BCUT2D eigenvalue weighted by Crippen LogP contribution is 2.45. The quantitative estimate of drug-likeness (QED) is 0.817. The van der Waals surface area contributed by atoms with E-state index in [1.54, 1.807) is 11.3 Å². The highest BCUT2D eigenvalue weighted by atomic mass is 32.1. The Morgan fingerprint density at radius 3 is 2.30 bits per heavy atom. The summed E-state index contributed by atoms with van der Waals surface area (Å²) < 4.78 is 11.4. The molecule has 0 fully saturated rings. The van der Waals surface area contributed by atoms with Gasteiger partial charge in [0.1, 0.15) is 13.2 Å².